The number of benzene rings is 1. The number of hydrogen-bond donors (Lipinski definition) is 1. The predicted molar refractivity (Wildman–Crippen MR) is 84.2 cm³/mol. The van der Waals surface area contributed by atoms with E-state index in [4.69, 9.17) is 0 Å². The molecular weight excluding hydrogens is 341 g/mol. The van der Waals surface area contributed by atoms with Crippen molar-refractivity contribution in [2.75, 3.05) is 31.1 Å². The molecule has 0 radical (unpaired) electrons. The summed E-state index contributed by atoms with van der Waals surface area (Å²) in [5, 5.41) is 14.5. The van der Waals surface area contributed by atoms with Crippen LogP contribution in [-0.4, -0.2) is 31.1 Å². The van der Waals surface area contributed by atoms with Crippen LogP contribution < -0.4 is 10.2 Å². The molecule has 0 saturated carbocycles. The van der Waals surface area contributed by atoms with Crippen LogP contribution in [0.1, 0.15) is 19.8 Å². The van der Waals surface area contributed by atoms with Crippen molar-refractivity contribution < 1.29 is 9.31 Å². The Kier molecular flexibility index (Phi) is 5.52. The van der Waals surface area contributed by atoms with E-state index in [0.29, 0.717) is 18.2 Å². The van der Waals surface area contributed by atoms with E-state index in [0.717, 1.165) is 32.5 Å². The molecule has 7 heteroatoms. The third kappa shape index (κ3) is 3.91. The van der Waals surface area contributed by atoms with Gasteiger partial charge in [-0.3, -0.25) is 10.1 Å². The van der Waals surface area contributed by atoms with Gasteiger partial charge in [-0.15, -0.1) is 0 Å². The zero-order chi connectivity index (χ0) is 15.4. The molecule has 1 N–H and O–H groups in total. The van der Waals surface area contributed by atoms with Crippen LogP contribution in [0.5, 0.6) is 0 Å². The van der Waals surface area contributed by atoms with E-state index in [1.165, 1.54) is 12.1 Å². The Morgan fingerprint density at radius 1 is 1.48 bits per heavy atom. The second-order valence-corrected chi connectivity index (χ2v) is 6.10. The number of anilines is 1. The van der Waals surface area contributed by atoms with Crippen LogP contribution in [-0.2, 0) is 0 Å². The Hall–Kier alpha value is -1.21. The first-order chi connectivity index (χ1) is 10.0. The van der Waals surface area contributed by atoms with Crippen molar-refractivity contribution >= 4 is 27.3 Å². The van der Waals surface area contributed by atoms with E-state index in [2.05, 4.69) is 21.2 Å². The van der Waals surface area contributed by atoms with Crippen LogP contribution in [0.3, 0.4) is 0 Å². The molecule has 0 aliphatic carbocycles. The van der Waals surface area contributed by atoms with Crippen LogP contribution >= 0.6 is 15.9 Å². The van der Waals surface area contributed by atoms with Gasteiger partial charge < -0.3 is 10.2 Å². The largest absolute Gasteiger partial charge is 0.366 e. The van der Waals surface area contributed by atoms with E-state index in [1.54, 1.807) is 0 Å². The fourth-order valence-electron chi connectivity index (χ4n) is 2.70. The molecule has 0 aromatic heterocycles. The Morgan fingerprint density at radius 2 is 2.14 bits per heavy atom. The van der Waals surface area contributed by atoms with E-state index >= 15 is 0 Å². The summed E-state index contributed by atoms with van der Waals surface area (Å²) in [5.41, 5.74) is 0.306. The molecule has 1 heterocycles. The average Bonchev–Trinajstić information content (AvgIpc) is 2.48. The Labute approximate surface area is 131 Å². The van der Waals surface area contributed by atoms with E-state index in [9.17, 15) is 14.5 Å². The van der Waals surface area contributed by atoms with E-state index in [1.807, 2.05) is 11.8 Å². The van der Waals surface area contributed by atoms with Crippen LogP contribution in [0.25, 0.3) is 0 Å². The highest BCUT2D eigenvalue weighted by Crippen LogP contribution is 2.34. The number of halogens is 2. The van der Waals surface area contributed by atoms with Gasteiger partial charge in [0.25, 0.3) is 5.69 Å². The van der Waals surface area contributed by atoms with Crippen molar-refractivity contribution in [3.63, 3.8) is 0 Å². The zero-order valence-electron chi connectivity index (χ0n) is 11.9. The summed E-state index contributed by atoms with van der Waals surface area (Å²) in [5.74, 6) is 0.0110. The molecule has 1 aliphatic rings. The highest BCUT2D eigenvalue weighted by Gasteiger charge is 2.24. The fourth-order valence-corrected chi connectivity index (χ4v) is 3.03. The van der Waals surface area contributed by atoms with Gasteiger partial charge in [-0.05, 0) is 54.7 Å². The predicted octanol–water partition coefficient (Wildman–Crippen LogP) is 3.32. The molecule has 5 nitrogen and oxygen atoms in total. The fraction of sp³-hybridized carbons (Fsp3) is 0.571. The lowest BCUT2D eigenvalue weighted by molar-refractivity contribution is -0.384. The first kappa shape index (κ1) is 16.2. The monoisotopic (exact) mass is 359 g/mol. The molecule has 1 aromatic carbocycles. The van der Waals surface area contributed by atoms with Gasteiger partial charge >= 0.3 is 0 Å². The SMILES string of the molecule is CCN(CC1CCNCC1)c1cc(F)c(Br)cc1[N+](=O)[O-]. The standard InChI is InChI=1S/C14H19BrFN3O2/c1-2-18(9-10-3-5-17-6-4-10)13-8-12(16)11(15)7-14(13)19(20)21/h7-8,10,17H,2-6,9H2,1H3. The minimum absolute atomic E-state index is 0.0564. The van der Waals surface area contributed by atoms with Crippen LogP contribution in [0, 0.1) is 21.8 Å². The molecule has 1 saturated heterocycles. The zero-order valence-corrected chi connectivity index (χ0v) is 13.5. The Balaban J connectivity index is 2.27. The summed E-state index contributed by atoms with van der Waals surface area (Å²) in [6, 6.07) is 2.50. The lowest BCUT2D eigenvalue weighted by atomic mass is 9.97. The molecule has 0 unspecified atom stereocenters. The first-order valence-electron chi connectivity index (χ1n) is 7.12. The molecule has 1 aliphatic heterocycles. The highest BCUT2D eigenvalue weighted by molar-refractivity contribution is 9.10. The van der Waals surface area contributed by atoms with Crippen molar-refractivity contribution in [2.45, 2.75) is 19.8 Å². The van der Waals surface area contributed by atoms with Gasteiger partial charge in [-0.2, -0.15) is 0 Å². The third-order valence-corrected chi connectivity index (χ3v) is 4.48. The average molecular weight is 360 g/mol. The number of hydrogen-bond acceptors (Lipinski definition) is 4. The maximum atomic E-state index is 13.8. The maximum absolute atomic E-state index is 13.8. The van der Waals surface area contributed by atoms with Gasteiger partial charge in [-0.25, -0.2) is 4.39 Å². The molecule has 1 fully saturated rings. The number of nitro groups is 1. The van der Waals surface area contributed by atoms with Crippen molar-refractivity contribution in [1.82, 2.24) is 5.32 Å². The summed E-state index contributed by atoms with van der Waals surface area (Å²) in [4.78, 5) is 12.7. The van der Waals surface area contributed by atoms with Gasteiger partial charge in [0, 0.05) is 25.2 Å². The van der Waals surface area contributed by atoms with Crippen molar-refractivity contribution in [3.05, 3.63) is 32.5 Å². The molecular formula is C14H19BrFN3O2. The van der Waals surface area contributed by atoms with Crippen LogP contribution in [0.2, 0.25) is 0 Å². The molecule has 0 bridgehead atoms. The Bertz CT molecular complexity index is 521. The smallest absolute Gasteiger partial charge is 0.293 e. The normalized spacial score (nSPS) is 16.0. The lowest BCUT2D eigenvalue weighted by Crippen LogP contribution is -2.36. The van der Waals surface area contributed by atoms with Gasteiger partial charge in [-0.1, -0.05) is 0 Å². The molecule has 0 atom stereocenters. The summed E-state index contributed by atoms with van der Waals surface area (Å²) >= 11 is 3.01. The molecule has 2 rings (SSSR count). The second-order valence-electron chi connectivity index (χ2n) is 5.24. The number of rotatable bonds is 5. The van der Waals surface area contributed by atoms with E-state index < -0.39 is 10.7 Å². The number of nitrogens with zero attached hydrogens (tertiary/aromatic N) is 2. The molecule has 0 spiro atoms. The second kappa shape index (κ2) is 7.17. The van der Waals surface area contributed by atoms with Gasteiger partial charge in [0.2, 0.25) is 0 Å². The van der Waals surface area contributed by atoms with Crippen LogP contribution in [0.15, 0.2) is 16.6 Å². The van der Waals surface area contributed by atoms with Crippen molar-refractivity contribution in [3.8, 4) is 0 Å². The molecule has 21 heavy (non-hydrogen) atoms. The van der Waals surface area contributed by atoms with Crippen molar-refractivity contribution in [1.29, 1.82) is 0 Å². The molecule has 1 aromatic rings. The van der Waals surface area contributed by atoms with E-state index in [-0.39, 0.29) is 10.2 Å². The van der Waals surface area contributed by atoms with Gasteiger partial charge in [0.1, 0.15) is 11.5 Å². The van der Waals surface area contributed by atoms with Gasteiger partial charge in [0.05, 0.1) is 9.40 Å². The summed E-state index contributed by atoms with van der Waals surface area (Å²) in [7, 11) is 0. The summed E-state index contributed by atoms with van der Waals surface area (Å²) in [6.45, 7) is 5.22. The maximum Gasteiger partial charge on any atom is 0.293 e. The van der Waals surface area contributed by atoms with Crippen LogP contribution in [0.4, 0.5) is 15.8 Å². The summed E-state index contributed by atoms with van der Waals surface area (Å²) < 4.78 is 13.9. The topological polar surface area (TPSA) is 58.4 Å². The quantitative estimate of drug-likeness (QED) is 0.647. The molecule has 0 amide bonds. The number of nitrogens with one attached hydrogen (secondary N) is 1. The molecule has 116 valence electrons. The minimum atomic E-state index is -0.473. The minimum Gasteiger partial charge on any atom is -0.366 e. The van der Waals surface area contributed by atoms with Gasteiger partial charge in [0.15, 0.2) is 0 Å². The summed E-state index contributed by atoms with van der Waals surface area (Å²) in [6.07, 6.45) is 2.09. The highest BCUT2D eigenvalue weighted by atomic mass is 79.9. The third-order valence-electron chi connectivity index (χ3n) is 3.87. The number of piperidine rings is 1. The Morgan fingerprint density at radius 3 is 2.71 bits per heavy atom. The van der Waals surface area contributed by atoms with Crippen molar-refractivity contribution in [2.24, 2.45) is 5.92 Å². The lowest BCUT2D eigenvalue weighted by Gasteiger charge is -2.30. The number of nitro benzene ring substituents is 1. The first-order valence-corrected chi connectivity index (χ1v) is 7.91.